The highest BCUT2D eigenvalue weighted by molar-refractivity contribution is 6.33. The number of rotatable bonds is 3. The summed E-state index contributed by atoms with van der Waals surface area (Å²) in [6.07, 6.45) is 1.30. The minimum absolute atomic E-state index is 0.113. The molecule has 6 nitrogen and oxygen atoms in total. The first kappa shape index (κ1) is 15.2. The number of nitrogens with zero attached hydrogens (tertiary/aromatic N) is 1. The van der Waals surface area contributed by atoms with Gasteiger partial charge in [-0.05, 0) is 26.8 Å². The Bertz CT molecular complexity index is 497. The van der Waals surface area contributed by atoms with Gasteiger partial charge < -0.3 is 16.4 Å². The van der Waals surface area contributed by atoms with E-state index in [9.17, 15) is 9.59 Å². The van der Waals surface area contributed by atoms with Gasteiger partial charge in [0, 0.05) is 11.7 Å². The second-order valence-electron chi connectivity index (χ2n) is 5.07. The number of amides is 2. The maximum Gasteiger partial charge on any atom is 0.253 e. The predicted molar refractivity (Wildman–Crippen MR) is 73.9 cm³/mol. The van der Waals surface area contributed by atoms with Crippen molar-refractivity contribution in [2.24, 2.45) is 0 Å². The van der Waals surface area contributed by atoms with Gasteiger partial charge in [0.25, 0.3) is 5.91 Å². The molecule has 0 aliphatic rings. The highest BCUT2D eigenvalue weighted by Crippen LogP contribution is 2.16. The fourth-order valence-corrected chi connectivity index (χ4v) is 1.46. The summed E-state index contributed by atoms with van der Waals surface area (Å²) in [5.74, 6) is -0.544. The van der Waals surface area contributed by atoms with Gasteiger partial charge in [0.15, 0.2) is 0 Å². The summed E-state index contributed by atoms with van der Waals surface area (Å²) in [4.78, 5) is 27.0. The Labute approximate surface area is 116 Å². The van der Waals surface area contributed by atoms with Crippen molar-refractivity contribution < 1.29 is 9.59 Å². The van der Waals surface area contributed by atoms with Gasteiger partial charge in [-0.2, -0.15) is 0 Å². The summed E-state index contributed by atoms with van der Waals surface area (Å²) in [7, 11) is 0. The maximum atomic E-state index is 11.7. The number of halogens is 1. The van der Waals surface area contributed by atoms with Crippen molar-refractivity contribution in [2.45, 2.75) is 26.3 Å². The number of hydrogen-bond donors (Lipinski definition) is 3. The van der Waals surface area contributed by atoms with Crippen molar-refractivity contribution in [3.8, 4) is 0 Å². The first-order valence-electron chi connectivity index (χ1n) is 5.69. The minimum Gasteiger partial charge on any atom is -0.382 e. The van der Waals surface area contributed by atoms with E-state index in [1.807, 2.05) is 20.8 Å². The second kappa shape index (κ2) is 5.88. The molecule has 1 aromatic heterocycles. The zero-order valence-corrected chi connectivity index (χ0v) is 11.8. The predicted octanol–water partition coefficient (Wildman–Crippen LogP) is 0.962. The highest BCUT2D eigenvalue weighted by Gasteiger charge is 2.15. The highest BCUT2D eigenvalue weighted by atomic mass is 35.5. The molecule has 19 heavy (non-hydrogen) atoms. The SMILES string of the molecule is CC(C)(C)NC(=O)CNC(=O)c1cnc(N)c(Cl)c1. The van der Waals surface area contributed by atoms with Gasteiger partial charge in [-0.15, -0.1) is 0 Å². The van der Waals surface area contributed by atoms with Crippen molar-refractivity contribution in [3.05, 3.63) is 22.8 Å². The molecule has 7 heteroatoms. The third kappa shape index (κ3) is 5.13. The van der Waals surface area contributed by atoms with Gasteiger partial charge in [-0.25, -0.2) is 4.98 Å². The van der Waals surface area contributed by atoms with E-state index in [0.717, 1.165) is 0 Å². The number of carbonyl (C=O) groups excluding carboxylic acids is 2. The minimum atomic E-state index is -0.432. The summed E-state index contributed by atoms with van der Waals surface area (Å²) in [5, 5.41) is 5.41. The topological polar surface area (TPSA) is 97.1 Å². The van der Waals surface area contributed by atoms with E-state index in [4.69, 9.17) is 17.3 Å². The summed E-state index contributed by atoms with van der Waals surface area (Å²) < 4.78 is 0. The smallest absolute Gasteiger partial charge is 0.253 e. The molecule has 1 rings (SSSR count). The molecule has 0 aliphatic heterocycles. The standard InChI is InChI=1S/C12H17ClN4O2/c1-12(2,3)17-9(18)6-16-11(19)7-4-8(13)10(14)15-5-7/h4-5H,6H2,1-3H3,(H2,14,15)(H,16,19)(H,17,18). The monoisotopic (exact) mass is 284 g/mol. The molecule has 0 spiro atoms. The lowest BCUT2D eigenvalue weighted by molar-refractivity contribution is -0.121. The quantitative estimate of drug-likeness (QED) is 0.770. The zero-order valence-electron chi connectivity index (χ0n) is 11.1. The number of nitrogens with one attached hydrogen (secondary N) is 2. The number of aromatic nitrogens is 1. The molecular weight excluding hydrogens is 268 g/mol. The van der Waals surface area contributed by atoms with Crippen molar-refractivity contribution in [3.63, 3.8) is 0 Å². The normalized spacial score (nSPS) is 10.9. The Kier molecular flexibility index (Phi) is 4.72. The Balaban J connectivity index is 2.56. The number of nitrogen functional groups attached to an aromatic ring is 1. The van der Waals surface area contributed by atoms with E-state index in [2.05, 4.69) is 15.6 Å². The Hall–Kier alpha value is -1.82. The Morgan fingerprint density at radius 1 is 1.42 bits per heavy atom. The summed E-state index contributed by atoms with van der Waals surface area (Å²) in [6.45, 7) is 5.46. The molecule has 1 heterocycles. The molecule has 1 aromatic rings. The molecule has 0 bridgehead atoms. The molecule has 0 aromatic carbocycles. The Morgan fingerprint density at radius 3 is 2.58 bits per heavy atom. The van der Waals surface area contributed by atoms with E-state index < -0.39 is 5.91 Å². The van der Waals surface area contributed by atoms with E-state index in [0.29, 0.717) is 0 Å². The summed E-state index contributed by atoms with van der Waals surface area (Å²) >= 11 is 5.76. The van der Waals surface area contributed by atoms with Crippen LogP contribution in [0.5, 0.6) is 0 Å². The van der Waals surface area contributed by atoms with Crippen molar-refractivity contribution >= 4 is 29.2 Å². The molecule has 0 unspecified atom stereocenters. The number of carbonyl (C=O) groups is 2. The Morgan fingerprint density at radius 2 is 2.05 bits per heavy atom. The number of anilines is 1. The summed E-state index contributed by atoms with van der Waals surface area (Å²) in [5.41, 5.74) is 5.35. The lowest BCUT2D eigenvalue weighted by Crippen LogP contribution is -2.45. The second-order valence-corrected chi connectivity index (χ2v) is 5.48. The van der Waals surface area contributed by atoms with Gasteiger partial charge in [0.1, 0.15) is 5.82 Å². The average Bonchev–Trinajstić information content (AvgIpc) is 2.27. The van der Waals surface area contributed by atoms with Crippen LogP contribution >= 0.6 is 11.6 Å². The van der Waals surface area contributed by atoms with E-state index in [1.165, 1.54) is 12.3 Å². The molecule has 0 saturated heterocycles. The van der Waals surface area contributed by atoms with Crippen LogP contribution in [0.3, 0.4) is 0 Å². The van der Waals surface area contributed by atoms with Crippen LogP contribution in [0.2, 0.25) is 5.02 Å². The number of nitrogens with two attached hydrogens (primary N) is 1. The number of pyridine rings is 1. The molecule has 0 aliphatic carbocycles. The third-order valence-corrected chi connectivity index (χ3v) is 2.36. The lowest BCUT2D eigenvalue weighted by atomic mass is 10.1. The van der Waals surface area contributed by atoms with Gasteiger partial charge >= 0.3 is 0 Å². The van der Waals surface area contributed by atoms with Crippen LogP contribution < -0.4 is 16.4 Å². The molecule has 0 saturated carbocycles. The largest absolute Gasteiger partial charge is 0.382 e. The van der Waals surface area contributed by atoms with E-state index >= 15 is 0 Å². The summed E-state index contributed by atoms with van der Waals surface area (Å²) in [6, 6.07) is 1.40. The molecule has 104 valence electrons. The van der Waals surface area contributed by atoms with Crippen LogP contribution in [0.4, 0.5) is 5.82 Å². The van der Waals surface area contributed by atoms with Crippen molar-refractivity contribution in [1.29, 1.82) is 0 Å². The molecule has 4 N–H and O–H groups in total. The zero-order chi connectivity index (χ0) is 14.6. The van der Waals surface area contributed by atoms with Crippen LogP contribution in [0.1, 0.15) is 31.1 Å². The molecular formula is C12H17ClN4O2. The lowest BCUT2D eigenvalue weighted by Gasteiger charge is -2.20. The maximum absolute atomic E-state index is 11.7. The molecule has 2 amide bonds. The van der Waals surface area contributed by atoms with Crippen molar-refractivity contribution in [1.82, 2.24) is 15.6 Å². The first-order valence-corrected chi connectivity index (χ1v) is 6.07. The third-order valence-electron chi connectivity index (χ3n) is 2.06. The van der Waals surface area contributed by atoms with Crippen LogP contribution in [0, 0.1) is 0 Å². The fraction of sp³-hybridized carbons (Fsp3) is 0.417. The van der Waals surface area contributed by atoms with Gasteiger partial charge in [-0.3, -0.25) is 9.59 Å². The van der Waals surface area contributed by atoms with Gasteiger partial charge in [-0.1, -0.05) is 11.6 Å². The molecule has 0 radical (unpaired) electrons. The van der Waals surface area contributed by atoms with Gasteiger partial charge in [0.2, 0.25) is 5.91 Å². The van der Waals surface area contributed by atoms with Gasteiger partial charge in [0.05, 0.1) is 17.1 Å². The molecule has 0 fully saturated rings. The van der Waals surface area contributed by atoms with Crippen LogP contribution in [-0.2, 0) is 4.79 Å². The van der Waals surface area contributed by atoms with Crippen LogP contribution in [-0.4, -0.2) is 28.9 Å². The van der Waals surface area contributed by atoms with Crippen molar-refractivity contribution in [2.75, 3.05) is 12.3 Å². The van der Waals surface area contributed by atoms with E-state index in [-0.39, 0.29) is 34.4 Å². The number of hydrogen-bond acceptors (Lipinski definition) is 4. The molecule has 0 atom stereocenters. The average molecular weight is 285 g/mol. The van der Waals surface area contributed by atoms with Crippen LogP contribution in [0.15, 0.2) is 12.3 Å². The first-order chi connectivity index (χ1) is 8.69. The van der Waals surface area contributed by atoms with E-state index in [1.54, 1.807) is 0 Å². The van der Waals surface area contributed by atoms with Crippen LogP contribution in [0.25, 0.3) is 0 Å². The fourth-order valence-electron chi connectivity index (χ4n) is 1.30.